The van der Waals surface area contributed by atoms with Gasteiger partial charge in [-0.1, -0.05) is 29.3 Å². The second-order valence-corrected chi connectivity index (χ2v) is 6.24. The second kappa shape index (κ2) is 6.35. The molecular formula is C13H6Br2Cl2O3. The Hall–Kier alpha value is -0.750. The lowest BCUT2D eigenvalue weighted by Gasteiger charge is -2.12. The third kappa shape index (κ3) is 3.28. The normalized spacial score (nSPS) is 10.4. The molecule has 0 spiro atoms. The molecule has 3 nitrogen and oxygen atoms in total. The van der Waals surface area contributed by atoms with Crippen molar-refractivity contribution >= 4 is 61.0 Å². The average molecular weight is 441 g/mol. The molecule has 0 aliphatic carbocycles. The summed E-state index contributed by atoms with van der Waals surface area (Å²) in [5.41, 5.74) is 0.0163. The minimum absolute atomic E-state index is 0.0163. The van der Waals surface area contributed by atoms with Gasteiger partial charge in [0.15, 0.2) is 0 Å². The Bertz CT molecular complexity index is 690. The van der Waals surface area contributed by atoms with E-state index in [1.807, 2.05) is 0 Å². The molecule has 2 aromatic rings. The third-order valence-corrected chi connectivity index (χ3v) is 4.54. The number of carbonyl (C=O) groups is 1. The van der Waals surface area contributed by atoms with Crippen molar-refractivity contribution < 1.29 is 14.6 Å². The summed E-state index contributed by atoms with van der Waals surface area (Å²) in [6.07, 6.45) is 0. The molecule has 0 unspecified atom stereocenters. The smallest absolute Gasteiger partial charge is 0.340 e. The molecule has 0 aliphatic heterocycles. The van der Waals surface area contributed by atoms with Crippen LogP contribution in [0.25, 0.3) is 0 Å². The zero-order valence-electron chi connectivity index (χ0n) is 9.66. The lowest BCUT2D eigenvalue weighted by Crippen LogP contribution is -2.01. The Kier molecular flexibility index (Phi) is 4.96. The number of hydrogen-bond donors (Lipinski definition) is 1. The Morgan fingerprint density at radius 3 is 2.40 bits per heavy atom. The fourth-order valence-electron chi connectivity index (χ4n) is 1.50. The second-order valence-electron chi connectivity index (χ2n) is 3.72. The van der Waals surface area contributed by atoms with Crippen molar-refractivity contribution in [2.75, 3.05) is 0 Å². The van der Waals surface area contributed by atoms with Crippen LogP contribution in [-0.4, -0.2) is 11.1 Å². The van der Waals surface area contributed by atoms with E-state index in [1.54, 1.807) is 24.3 Å². The van der Waals surface area contributed by atoms with E-state index < -0.39 is 5.97 Å². The summed E-state index contributed by atoms with van der Waals surface area (Å²) in [4.78, 5) is 11.3. The number of carboxylic acid groups (broad SMARTS) is 1. The number of halogens is 4. The largest absolute Gasteiger partial charge is 0.478 e. The van der Waals surface area contributed by atoms with Gasteiger partial charge in [-0.2, -0.15) is 0 Å². The predicted molar refractivity (Wildman–Crippen MR) is 85.3 cm³/mol. The SMILES string of the molecule is O=C(O)c1c(Br)cccc1Oc1cc(Cl)c(Br)cc1Cl. The van der Waals surface area contributed by atoms with Gasteiger partial charge in [-0.3, -0.25) is 0 Å². The van der Waals surface area contributed by atoms with Crippen molar-refractivity contribution in [2.24, 2.45) is 0 Å². The summed E-state index contributed by atoms with van der Waals surface area (Å²) in [5.74, 6) is -0.653. The summed E-state index contributed by atoms with van der Waals surface area (Å²) in [5, 5.41) is 9.95. The van der Waals surface area contributed by atoms with Crippen LogP contribution >= 0.6 is 55.1 Å². The van der Waals surface area contributed by atoms with Crippen molar-refractivity contribution in [3.8, 4) is 11.5 Å². The number of carboxylic acids is 1. The van der Waals surface area contributed by atoms with Gasteiger partial charge in [0, 0.05) is 15.0 Å². The molecule has 0 saturated heterocycles. The minimum Gasteiger partial charge on any atom is -0.478 e. The fourth-order valence-corrected chi connectivity index (χ4v) is 2.85. The van der Waals surface area contributed by atoms with Crippen LogP contribution in [0.5, 0.6) is 11.5 Å². The van der Waals surface area contributed by atoms with Crippen molar-refractivity contribution in [2.45, 2.75) is 0 Å². The molecule has 0 atom stereocenters. The fraction of sp³-hybridized carbons (Fsp3) is 0. The van der Waals surface area contributed by atoms with Gasteiger partial charge < -0.3 is 9.84 Å². The van der Waals surface area contributed by atoms with Crippen molar-refractivity contribution in [1.29, 1.82) is 0 Å². The van der Waals surface area contributed by atoms with Gasteiger partial charge in [0.1, 0.15) is 17.1 Å². The van der Waals surface area contributed by atoms with Crippen molar-refractivity contribution in [1.82, 2.24) is 0 Å². The highest BCUT2D eigenvalue weighted by Crippen LogP contribution is 2.38. The number of aromatic carboxylic acids is 1. The first-order valence-electron chi connectivity index (χ1n) is 5.24. The van der Waals surface area contributed by atoms with E-state index in [9.17, 15) is 9.90 Å². The molecule has 7 heteroatoms. The van der Waals surface area contributed by atoms with E-state index in [4.69, 9.17) is 27.9 Å². The Labute approximate surface area is 141 Å². The van der Waals surface area contributed by atoms with Crippen LogP contribution in [0.3, 0.4) is 0 Å². The monoisotopic (exact) mass is 438 g/mol. The summed E-state index contributed by atoms with van der Waals surface area (Å²) in [6, 6.07) is 7.92. The first kappa shape index (κ1) is 15.6. The highest BCUT2D eigenvalue weighted by molar-refractivity contribution is 9.10. The summed E-state index contributed by atoms with van der Waals surface area (Å²) < 4.78 is 6.62. The number of rotatable bonds is 3. The van der Waals surface area contributed by atoms with Gasteiger partial charge in [0.05, 0.1) is 10.0 Å². The molecule has 0 bridgehead atoms. The molecule has 0 saturated carbocycles. The highest BCUT2D eigenvalue weighted by atomic mass is 79.9. The first-order chi connectivity index (χ1) is 9.40. The average Bonchev–Trinajstić information content (AvgIpc) is 2.35. The molecule has 2 rings (SSSR count). The lowest BCUT2D eigenvalue weighted by molar-refractivity contribution is 0.0693. The van der Waals surface area contributed by atoms with E-state index in [1.165, 1.54) is 6.07 Å². The van der Waals surface area contributed by atoms with Crippen LogP contribution in [0, 0.1) is 0 Å². The number of benzene rings is 2. The van der Waals surface area contributed by atoms with Gasteiger partial charge in [-0.25, -0.2) is 4.79 Å². The standard InChI is InChI=1S/C13H6Br2Cl2O3/c14-6-2-1-3-10(12(6)13(18)19)20-11-5-8(16)7(15)4-9(11)17/h1-5H,(H,18,19). The predicted octanol–water partition coefficient (Wildman–Crippen LogP) is 6.01. The zero-order chi connectivity index (χ0) is 14.9. The molecule has 1 N–H and O–H groups in total. The van der Waals surface area contributed by atoms with E-state index in [0.29, 0.717) is 19.0 Å². The zero-order valence-corrected chi connectivity index (χ0v) is 14.3. The van der Waals surface area contributed by atoms with E-state index >= 15 is 0 Å². The maximum absolute atomic E-state index is 11.3. The summed E-state index contributed by atoms with van der Waals surface area (Å²) >= 11 is 18.4. The van der Waals surface area contributed by atoms with Gasteiger partial charge in [-0.15, -0.1) is 0 Å². The molecule has 0 aliphatic rings. The molecular weight excluding hydrogens is 435 g/mol. The van der Waals surface area contributed by atoms with E-state index in [2.05, 4.69) is 31.9 Å². The van der Waals surface area contributed by atoms with Gasteiger partial charge >= 0.3 is 5.97 Å². The molecule has 0 amide bonds. The van der Waals surface area contributed by atoms with Crippen LogP contribution in [0.15, 0.2) is 39.3 Å². The van der Waals surface area contributed by atoms with Crippen LogP contribution in [0.4, 0.5) is 0 Å². The van der Waals surface area contributed by atoms with E-state index in [-0.39, 0.29) is 17.1 Å². The van der Waals surface area contributed by atoms with Crippen LogP contribution < -0.4 is 4.74 Å². The molecule has 2 aromatic carbocycles. The lowest BCUT2D eigenvalue weighted by atomic mass is 10.2. The summed E-state index contributed by atoms with van der Waals surface area (Å²) in [7, 11) is 0. The third-order valence-electron chi connectivity index (χ3n) is 2.38. The molecule has 0 aromatic heterocycles. The number of hydrogen-bond acceptors (Lipinski definition) is 2. The van der Waals surface area contributed by atoms with Crippen LogP contribution in [0.1, 0.15) is 10.4 Å². The molecule has 20 heavy (non-hydrogen) atoms. The quantitative estimate of drug-likeness (QED) is 0.594. The van der Waals surface area contributed by atoms with E-state index in [0.717, 1.165) is 0 Å². The summed E-state index contributed by atoms with van der Waals surface area (Å²) in [6.45, 7) is 0. The maximum atomic E-state index is 11.3. The maximum Gasteiger partial charge on any atom is 0.340 e. The van der Waals surface area contributed by atoms with Crippen molar-refractivity contribution in [3.63, 3.8) is 0 Å². The Morgan fingerprint density at radius 1 is 1.05 bits per heavy atom. The van der Waals surface area contributed by atoms with Crippen molar-refractivity contribution in [3.05, 3.63) is 54.9 Å². The molecule has 0 radical (unpaired) electrons. The first-order valence-corrected chi connectivity index (χ1v) is 7.58. The molecule has 104 valence electrons. The molecule has 0 heterocycles. The molecule has 0 fully saturated rings. The Morgan fingerprint density at radius 2 is 1.75 bits per heavy atom. The number of ether oxygens (including phenoxy) is 1. The van der Waals surface area contributed by atoms with Crippen LogP contribution in [-0.2, 0) is 0 Å². The highest BCUT2D eigenvalue weighted by Gasteiger charge is 2.17. The van der Waals surface area contributed by atoms with Gasteiger partial charge in [0.25, 0.3) is 0 Å². The van der Waals surface area contributed by atoms with Gasteiger partial charge in [0.2, 0.25) is 0 Å². The topological polar surface area (TPSA) is 46.5 Å². The minimum atomic E-state index is -1.10. The Balaban J connectivity index is 2.48. The van der Waals surface area contributed by atoms with Crippen LogP contribution in [0.2, 0.25) is 10.0 Å². The van der Waals surface area contributed by atoms with Gasteiger partial charge in [-0.05, 0) is 50.1 Å².